The molecule has 0 amide bonds. The molecule has 2 radical (unpaired) electrons. The third kappa shape index (κ3) is 101. The average Bonchev–Trinajstić information content (AvgIpc) is 0.722. The van der Waals surface area contributed by atoms with E-state index in [-0.39, 0.29) is 34.0 Å². The van der Waals surface area contributed by atoms with E-state index in [1.807, 2.05) is 0 Å². The maximum Gasteiger partial charge on any atom is 0.128 e. The molecule has 0 nitrogen and oxygen atoms in total. The van der Waals surface area contributed by atoms with Crippen LogP contribution in [0, 0.1) is 0 Å². The van der Waals surface area contributed by atoms with E-state index in [2.05, 4.69) is 37.1 Å². The average molecular weight is 246 g/mol. The number of hydrogen-bond acceptors (Lipinski definition) is 0. The van der Waals surface area contributed by atoms with Gasteiger partial charge < -0.3 is 0 Å². The lowest BCUT2D eigenvalue weighted by Gasteiger charge is -2.06. The fraction of sp³-hybridized carbons (Fsp3) is 1.00. The minimum Gasteiger partial charge on any atom is -0.114 e. The van der Waals surface area contributed by atoms with Crippen molar-refractivity contribution in [3.63, 3.8) is 0 Å². The highest BCUT2D eigenvalue weighted by Gasteiger charge is 1.94. The van der Waals surface area contributed by atoms with Crippen LogP contribution in [0.5, 0.6) is 0 Å². The van der Waals surface area contributed by atoms with Crippen molar-refractivity contribution in [2.45, 2.75) is 25.0 Å². The van der Waals surface area contributed by atoms with Crippen LogP contribution in [0.4, 0.5) is 0 Å². The van der Waals surface area contributed by atoms with E-state index in [1.165, 1.54) is 0 Å². The molecule has 0 fully saturated rings. The van der Waals surface area contributed by atoms with E-state index >= 15 is 0 Å². The Kier molecular flexibility index (Phi) is 12.7. The summed E-state index contributed by atoms with van der Waals surface area (Å²) >= 11 is 2.72. The molecule has 3 heteroatoms. The van der Waals surface area contributed by atoms with Crippen LogP contribution in [0.15, 0.2) is 0 Å². The molecule has 0 atom stereocenters. The first-order valence-corrected chi connectivity index (χ1v) is 2.37. The Morgan fingerprint density at radius 1 is 1.00 bits per heavy atom. The van der Waals surface area contributed by atoms with E-state index in [4.69, 9.17) is 0 Å². The second kappa shape index (κ2) is 5.63. The van der Waals surface area contributed by atoms with Crippen molar-refractivity contribution in [1.29, 1.82) is 0 Å². The van der Waals surface area contributed by atoms with Gasteiger partial charge in [0.05, 0.1) is 0 Å². The molecule has 0 bridgehead atoms. The van der Waals surface area contributed by atoms with Gasteiger partial charge in [-0.2, -0.15) is 0 Å². The van der Waals surface area contributed by atoms with Gasteiger partial charge in [0.15, 0.2) is 0 Å². The van der Waals surface area contributed by atoms with E-state index in [0.29, 0.717) is 4.28 Å². The number of hydrogen-bond donors (Lipinski definition) is 0. The van der Waals surface area contributed by atoms with Gasteiger partial charge in [0, 0.05) is 0 Å². The summed E-state index contributed by atoms with van der Waals surface area (Å²) in [5.74, 6) is 0. The normalized spacial score (nSPS) is 8.43. The standard InChI is InChI=1S/C4H9.Al.2BrH/c1-4(2)3;;;/h1-3H3;;2*1H. The van der Waals surface area contributed by atoms with Crippen LogP contribution in [0.3, 0.4) is 0 Å². The van der Waals surface area contributed by atoms with Gasteiger partial charge in [-0.05, 0) is 0 Å². The van der Waals surface area contributed by atoms with Crippen molar-refractivity contribution in [2.24, 2.45) is 0 Å². The highest BCUT2D eigenvalue weighted by atomic mass is 79.9. The molecule has 0 aliphatic rings. The minimum absolute atomic E-state index is 0. The van der Waals surface area contributed by atoms with Crippen molar-refractivity contribution in [3.05, 3.63) is 0 Å². The van der Waals surface area contributed by atoms with Crippen molar-refractivity contribution in [2.75, 3.05) is 0 Å². The lowest BCUT2D eigenvalue weighted by molar-refractivity contribution is 0.767. The second-order valence-corrected chi connectivity index (χ2v) is 4.10. The summed E-state index contributed by atoms with van der Waals surface area (Å²) in [7, 11) is 0. The number of rotatable bonds is 0. The van der Waals surface area contributed by atoms with E-state index in [9.17, 15) is 0 Å². The summed E-state index contributed by atoms with van der Waals surface area (Å²) in [5, 5.41) is 0. The van der Waals surface area contributed by atoms with Crippen molar-refractivity contribution in [3.8, 4) is 0 Å². The van der Waals surface area contributed by atoms with Crippen molar-refractivity contribution < 1.29 is 0 Å². The monoisotopic (exact) mass is 244 g/mol. The fourth-order valence-electron chi connectivity index (χ4n) is 0. The van der Waals surface area contributed by atoms with Gasteiger partial charge in [-0.25, -0.2) is 0 Å². The maximum atomic E-state index is 2.72. The van der Waals surface area contributed by atoms with E-state index in [0.717, 1.165) is 0 Å². The number of halogens is 2. The zero-order chi connectivity index (χ0) is 4.50. The van der Waals surface area contributed by atoms with Gasteiger partial charge in [0.2, 0.25) is 0 Å². The third-order valence-electron chi connectivity index (χ3n) is 0. The summed E-state index contributed by atoms with van der Waals surface area (Å²) < 4.78 is 0.417. The van der Waals surface area contributed by atoms with E-state index < -0.39 is 0 Å². The minimum atomic E-state index is 0. The molecule has 0 saturated heterocycles. The molecule has 0 N–H and O–H groups in total. The SMILES string of the molecule is Br.Br.C[C](C)(C)[Al]. The second-order valence-electron chi connectivity index (χ2n) is 2.37. The van der Waals surface area contributed by atoms with Gasteiger partial charge in [0.25, 0.3) is 0 Å². The Balaban J connectivity index is -0.0000000800. The van der Waals surface area contributed by atoms with Crippen LogP contribution in [0.1, 0.15) is 20.8 Å². The molecule has 44 valence electrons. The Morgan fingerprint density at radius 2 is 1.00 bits per heavy atom. The predicted octanol–water partition coefficient (Wildman–Crippen LogP) is 2.53. The third-order valence-corrected chi connectivity index (χ3v) is 0. The molecule has 0 aromatic carbocycles. The summed E-state index contributed by atoms with van der Waals surface area (Å²) in [6, 6.07) is 0. The summed E-state index contributed by atoms with van der Waals surface area (Å²) in [4.78, 5) is 0. The van der Waals surface area contributed by atoms with Gasteiger partial charge >= 0.3 is 0 Å². The largest absolute Gasteiger partial charge is 0.128 e. The molecule has 0 aliphatic carbocycles. The Bertz CT molecular complexity index is 25.2. The molecule has 0 heterocycles. The van der Waals surface area contributed by atoms with Crippen LogP contribution < -0.4 is 0 Å². The summed E-state index contributed by atoms with van der Waals surface area (Å²) in [6.07, 6.45) is 0. The van der Waals surface area contributed by atoms with Gasteiger partial charge in [0.1, 0.15) is 16.3 Å². The van der Waals surface area contributed by atoms with Crippen LogP contribution in [-0.2, 0) is 0 Å². The first-order valence-electron chi connectivity index (χ1n) is 1.79. The fourth-order valence-corrected chi connectivity index (χ4v) is 0. The maximum absolute atomic E-state index is 2.72. The smallest absolute Gasteiger partial charge is 0.114 e. The highest BCUT2D eigenvalue weighted by Crippen LogP contribution is 2.13. The molecule has 0 aromatic heterocycles. The zero-order valence-electron chi connectivity index (χ0n) is 4.89. The molecule has 0 unspecified atom stereocenters. The highest BCUT2D eigenvalue weighted by molar-refractivity contribution is 8.93. The van der Waals surface area contributed by atoms with Crippen molar-refractivity contribution >= 4 is 50.3 Å². The van der Waals surface area contributed by atoms with Crippen LogP contribution in [0.25, 0.3) is 0 Å². The topological polar surface area (TPSA) is 0 Å². The van der Waals surface area contributed by atoms with Crippen LogP contribution >= 0.6 is 34.0 Å². The quantitative estimate of drug-likeness (QED) is 0.576. The summed E-state index contributed by atoms with van der Waals surface area (Å²) in [6.45, 7) is 6.45. The molecule has 0 spiro atoms. The van der Waals surface area contributed by atoms with Gasteiger partial charge in [-0.3, -0.25) is 0 Å². The molecule has 0 aliphatic heterocycles. The lowest BCUT2D eigenvalue weighted by atomic mass is 10.2. The van der Waals surface area contributed by atoms with Crippen LogP contribution in [0.2, 0.25) is 4.28 Å². The molecular weight excluding hydrogens is 235 g/mol. The Morgan fingerprint density at radius 3 is 1.00 bits per heavy atom. The van der Waals surface area contributed by atoms with Crippen LogP contribution in [-0.4, -0.2) is 16.3 Å². The first kappa shape index (κ1) is 15.8. The van der Waals surface area contributed by atoms with Gasteiger partial charge in [-0.1, -0.05) is 20.8 Å². The molecule has 0 aromatic rings. The predicted molar refractivity (Wildman–Crippen MR) is 46.1 cm³/mol. The summed E-state index contributed by atoms with van der Waals surface area (Å²) in [5.41, 5.74) is 0. The Hall–Kier alpha value is 1.49. The van der Waals surface area contributed by atoms with E-state index in [1.54, 1.807) is 0 Å². The first-order chi connectivity index (χ1) is 2.00. The van der Waals surface area contributed by atoms with Gasteiger partial charge in [-0.15, -0.1) is 38.2 Å². The molecule has 0 rings (SSSR count). The molecular formula is C4H11AlBr2. The van der Waals surface area contributed by atoms with Crippen molar-refractivity contribution in [1.82, 2.24) is 0 Å². The zero-order valence-corrected chi connectivity index (χ0v) is 9.47. The lowest BCUT2D eigenvalue weighted by Crippen LogP contribution is -1.90. The molecule has 0 saturated carbocycles. The molecule has 7 heavy (non-hydrogen) atoms. The Labute approximate surface area is 75.0 Å².